The number of carbonyl (C=O) groups is 1. The average molecular weight is 355 g/mol. The van der Waals surface area contributed by atoms with E-state index in [9.17, 15) is 9.59 Å². The highest BCUT2D eigenvalue weighted by molar-refractivity contribution is 5.80. The smallest absolute Gasteiger partial charge is 0.259 e. The summed E-state index contributed by atoms with van der Waals surface area (Å²) in [4.78, 5) is 40.4. The van der Waals surface area contributed by atoms with E-state index in [1.54, 1.807) is 6.20 Å². The molecule has 138 valence electrons. The molecule has 0 radical (unpaired) electrons. The molecule has 1 amide bonds. The van der Waals surface area contributed by atoms with Crippen LogP contribution in [-0.2, 0) is 4.79 Å². The number of likely N-dealkylation sites (tertiary alicyclic amines) is 1. The molecule has 1 saturated carbocycles. The second-order valence-electron chi connectivity index (χ2n) is 7.64. The van der Waals surface area contributed by atoms with Gasteiger partial charge >= 0.3 is 0 Å². The number of nitrogens with one attached hydrogen (secondary N) is 1. The van der Waals surface area contributed by atoms with Crippen molar-refractivity contribution in [2.75, 3.05) is 32.1 Å². The molecule has 2 fully saturated rings. The maximum Gasteiger partial charge on any atom is 0.259 e. The summed E-state index contributed by atoms with van der Waals surface area (Å²) in [6, 6.07) is 1.97. The fourth-order valence-corrected chi connectivity index (χ4v) is 3.81. The zero-order valence-corrected chi connectivity index (χ0v) is 15.4. The van der Waals surface area contributed by atoms with Gasteiger partial charge in [0.25, 0.3) is 5.56 Å². The van der Waals surface area contributed by atoms with Crippen molar-refractivity contribution in [3.05, 3.63) is 28.3 Å². The molecular weight excluding hydrogens is 330 g/mol. The summed E-state index contributed by atoms with van der Waals surface area (Å²) in [7, 11) is 3.76. The van der Waals surface area contributed by atoms with Gasteiger partial charge in [-0.25, -0.2) is 9.97 Å². The standard InChI is InChI=1S/C19H25N5O2/c1-23(2)19-20-11-14-16(22-19)10-15(21-17(14)25)12-6-8-24(9-7-12)18(26)13-4-3-5-13/h10-13H,3-9H2,1-2H3,(H,21,25). The third kappa shape index (κ3) is 3.06. The Morgan fingerprint density at radius 1 is 1.23 bits per heavy atom. The van der Waals surface area contributed by atoms with Crippen LogP contribution in [0.4, 0.5) is 5.95 Å². The molecule has 0 aromatic carbocycles. The van der Waals surface area contributed by atoms with Crippen LogP contribution in [0.1, 0.15) is 43.7 Å². The molecule has 0 spiro atoms. The quantitative estimate of drug-likeness (QED) is 0.909. The van der Waals surface area contributed by atoms with Gasteiger partial charge in [0.15, 0.2) is 0 Å². The fraction of sp³-hybridized carbons (Fsp3) is 0.579. The molecule has 2 aliphatic rings. The molecule has 7 nitrogen and oxygen atoms in total. The van der Waals surface area contributed by atoms with Crippen LogP contribution in [0.2, 0.25) is 0 Å². The number of amides is 1. The molecule has 26 heavy (non-hydrogen) atoms. The Bertz CT molecular complexity index is 879. The number of hydrogen-bond acceptors (Lipinski definition) is 5. The number of carbonyl (C=O) groups excluding carboxylic acids is 1. The largest absolute Gasteiger partial charge is 0.347 e. The van der Waals surface area contributed by atoms with Crippen LogP contribution in [0.25, 0.3) is 10.9 Å². The summed E-state index contributed by atoms with van der Waals surface area (Å²) in [6.45, 7) is 1.54. The molecular formula is C19H25N5O2. The lowest BCUT2D eigenvalue weighted by Crippen LogP contribution is -2.43. The summed E-state index contributed by atoms with van der Waals surface area (Å²) in [5.41, 5.74) is 1.45. The van der Waals surface area contributed by atoms with E-state index in [1.807, 2.05) is 30.0 Å². The van der Waals surface area contributed by atoms with E-state index in [-0.39, 0.29) is 17.4 Å². The van der Waals surface area contributed by atoms with Gasteiger partial charge in [0, 0.05) is 50.9 Å². The lowest BCUT2D eigenvalue weighted by molar-refractivity contribution is -0.139. The van der Waals surface area contributed by atoms with Gasteiger partial charge in [-0.3, -0.25) is 9.59 Å². The van der Waals surface area contributed by atoms with Gasteiger partial charge in [0.2, 0.25) is 11.9 Å². The second kappa shape index (κ2) is 6.70. The molecule has 3 heterocycles. The van der Waals surface area contributed by atoms with Gasteiger partial charge in [-0.05, 0) is 31.7 Å². The van der Waals surface area contributed by atoms with Crippen LogP contribution < -0.4 is 10.5 Å². The minimum absolute atomic E-state index is 0.143. The molecule has 1 saturated heterocycles. The van der Waals surface area contributed by atoms with E-state index in [0.29, 0.717) is 22.8 Å². The number of fused-ring (bicyclic) bond motifs is 1. The number of aromatic amines is 1. The van der Waals surface area contributed by atoms with Crippen molar-refractivity contribution in [2.45, 2.75) is 38.0 Å². The maximum atomic E-state index is 12.4. The van der Waals surface area contributed by atoms with Crippen LogP contribution in [0, 0.1) is 5.92 Å². The highest BCUT2D eigenvalue weighted by atomic mass is 16.2. The van der Waals surface area contributed by atoms with Crippen LogP contribution in [-0.4, -0.2) is 52.9 Å². The number of piperidine rings is 1. The fourth-order valence-electron chi connectivity index (χ4n) is 3.81. The Labute approximate surface area is 152 Å². The maximum absolute atomic E-state index is 12.4. The first-order valence-corrected chi connectivity index (χ1v) is 9.39. The highest BCUT2D eigenvalue weighted by Gasteiger charge is 2.32. The normalized spacial score (nSPS) is 18.8. The summed E-state index contributed by atoms with van der Waals surface area (Å²) in [5, 5.41) is 0.511. The molecule has 0 unspecified atom stereocenters. The summed E-state index contributed by atoms with van der Waals surface area (Å²) >= 11 is 0. The SMILES string of the molecule is CN(C)c1ncc2c(=O)[nH]c(C3CCN(C(=O)C4CCC4)CC3)cc2n1. The zero-order valence-electron chi connectivity index (χ0n) is 15.4. The molecule has 1 aliphatic heterocycles. The Morgan fingerprint density at radius 3 is 2.58 bits per heavy atom. The van der Waals surface area contributed by atoms with E-state index in [4.69, 9.17) is 0 Å². The van der Waals surface area contributed by atoms with Crippen molar-refractivity contribution < 1.29 is 4.79 Å². The summed E-state index contributed by atoms with van der Waals surface area (Å²) in [6.07, 6.45) is 6.62. The van der Waals surface area contributed by atoms with Crippen molar-refractivity contribution >= 4 is 22.8 Å². The minimum Gasteiger partial charge on any atom is -0.347 e. The lowest BCUT2D eigenvalue weighted by Gasteiger charge is -2.36. The van der Waals surface area contributed by atoms with E-state index in [2.05, 4.69) is 15.0 Å². The number of rotatable bonds is 3. The number of hydrogen-bond donors (Lipinski definition) is 1. The first-order valence-electron chi connectivity index (χ1n) is 9.39. The number of aromatic nitrogens is 3. The lowest BCUT2D eigenvalue weighted by atomic mass is 9.83. The van der Waals surface area contributed by atoms with Crippen LogP contribution >= 0.6 is 0 Å². The van der Waals surface area contributed by atoms with E-state index in [1.165, 1.54) is 6.42 Å². The van der Waals surface area contributed by atoms with Crippen molar-refractivity contribution in [3.8, 4) is 0 Å². The monoisotopic (exact) mass is 355 g/mol. The molecule has 0 atom stereocenters. The van der Waals surface area contributed by atoms with Crippen molar-refractivity contribution in [2.24, 2.45) is 5.92 Å². The Hall–Kier alpha value is -2.44. The van der Waals surface area contributed by atoms with E-state index in [0.717, 1.165) is 44.5 Å². The predicted octanol–water partition coefficient (Wildman–Crippen LogP) is 1.89. The highest BCUT2D eigenvalue weighted by Crippen LogP contribution is 2.32. The molecule has 1 aliphatic carbocycles. The molecule has 7 heteroatoms. The van der Waals surface area contributed by atoms with Crippen LogP contribution in [0.5, 0.6) is 0 Å². The summed E-state index contributed by atoms with van der Waals surface area (Å²) in [5.74, 6) is 1.43. The Kier molecular flexibility index (Phi) is 4.38. The molecule has 1 N–H and O–H groups in total. The first kappa shape index (κ1) is 17.0. The van der Waals surface area contributed by atoms with Crippen LogP contribution in [0.15, 0.2) is 17.1 Å². The number of H-pyrrole nitrogens is 1. The first-order chi connectivity index (χ1) is 12.5. The topological polar surface area (TPSA) is 82.2 Å². The van der Waals surface area contributed by atoms with E-state index < -0.39 is 0 Å². The van der Waals surface area contributed by atoms with Gasteiger partial charge in [0.05, 0.1) is 10.9 Å². The number of pyridine rings is 1. The number of anilines is 1. The molecule has 2 aromatic rings. The minimum atomic E-state index is -0.143. The molecule has 4 rings (SSSR count). The zero-order chi connectivity index (χ0) is 18.3. The van der Waals surface area contributed by atoms with E-state index >= 15 is 0 Å². The van der Waals surface area contributed by atoms with Crippen LogP contribution in [0.3, 0.4) is 0 Å². The Balaban J connectivity index is 1.53. The van der Waals surface area contributed by atoms with Gasteiger partial charge in [-0.15, -0.1) is 0 Å². The van der Waals surface area contributed by atoms with Gasteiger partial charge in [-0.2, -0.15) is 0 Å². The van der Waals surface area contributed by atoms with Gasteiger partial charge < -0.3 is 14.8 Å². The van der Waals surface area contributed by atoms with Gasteiger partial charge in [-0.1, -0.05) is 6.42 Å². The predicted molar refractivity (Wildman–Crippen MR) is 100 cm³/mol. The third-order valence-electron chi connectivity index (χ3n) is 5.70. The number of nitrogens with zero attached hydrogens (tertiary/aromatic N) is 4. The van der Waals surface area contributed by atoms with Crippen molar-refractivity contribution in [3.63, 3.8) is 0 Å². The molecule has 2 aromatic heterocycles. The second-order valence-corrected chi connectivity index (χ2v) is 7.64. The van der Waals surface area contributed by atoms with Crippen molar-refractivity contribution in [1.29, 1.82) is 0 Å². The summed E-state index contributed by atoms with van der Waals surface area (Å²) < 4.78 is 0. The van der Waals surface area contributed by atoms with Crippen molar-refractivity contribution in [1.82, 2.24) is 19.9 Å². The average Bonchev–Trinajstić information content (AvgIpc) is 2.59. The molecule has 0 bridgehead atoms. The van der Waals surface area contributed by atoms with Gasteiger partial charge in [0.1, 0.15) is 0 Å². The third-order valence-corrected chi connectivity index (χ3v) is 5.70. The Morgan fingerprint density at radius 2 is 1.96 bits per heavy atom.